The fraction of sp³-hybridized carbons (Fsp3) is 0.727. The largest absolute Gasteiger partial charge is 0.464 e. The maximum Gasteiger partial charge on any atom is 0.325 e. The molecule has 1 atom stereocenters. The van der Waals surface area contributed by atoms with Crippen LogP contribution in [0.15, 0.2) is 0 Å². The van der Waals surface area contributed by atoms with Gasteiger partial charge in [-0.05, 0) is 6.42 Å². The zero-order valence-corrected chi connectivity index (χ0v) is 9.86. The second kappa shape index (κ2) is 6.88. The van der Waals surface area contributed by atoms with Crippen LogP contribution in [0.2, 0.25) is 0 Å². The number of amides is 1. The number of hydrogen-bond donors (Lipinski definition) is 1. The van der Waals surface area contributed by atoms with E-state index in [0.717, 1.165) is 12.8 Å². The molecule has 1 aliphatic heterocycles. The SMILES string of the molecule is CCCCOC(=O)CNC(=O)C1CCC(=O)O1. The van der Waals surface area contributed by atoms with Crippen LogP contribution in [-0.4, -0.2) is 37.1 Å². The molecule has 1 unspecified atom stereocenters. The van der Waals surface area contributed by atoms with E-state index in [-0.39, 0.29) is 18.9 Å². The predicted molar refractivity (Wildman–Crippen MR) is 58.0 cm³/mol. The van der Waals surface area contributed by atoms with Crippen molar-refractivity contribution in [3.8, 4) is 0 Å². The molecule has 6 heteroatoms. The van der Waals surface area contributed by atoms with Crippen LogP contribution in [0.25, 0.3) is 0 Å². The Labute approximate surface area is 99.6 Å². The Balaban J connectivity index is 2.15. The average Bonchev–Trinajstić information content (AvgIpc) is 2.73. The van der Waals surface area contributed by atoms with Crippen LogP contribution in [0.5, 0.6) is 0 Å². The zero-order valence-electron chi connectivity index (χ0n) is 9.86. The van der Waals surface area contributed by atoms with Crippen molar-refractivity contribution >= 4 is 17.8 Å². The summed E-state index contributed by atoms with van der Waals surface area (Å²) in [4.78, 5) is 33.4. The summed E-state index contributed by atoms with van der Waals surface area (Å²) in [5.74, 6) is -1.30. The number of ether oxygens (including phenoxy) is 2. The van der Waals surface area contributed by atoms with E-state index in [9.17, 15) is 14.4 Å². The summed E-state index contributed by atoms with van der Waals surface area (Å²) in [6.07, 6.45) is 1.61. The highest BCUT2D eigenvalue weighted by atomic mass is 16.6. The van der Waals surface area contributed by atoms with Crippen molar-refractivity contribution in [3.63, 3.8) is 0 Å². The summed E-state index contributed by atoms with van der Waals surface area (Å²) in [5.41, 5.74) is 0. The number of cyclic esters (lactones) is 1. The Bertz CT molecular complexity index is 302. The van der Waals surface area contributed by atoms with Gasteiger partial charge in [-0.1, -0.05) is 13.3 Å². The monoisotopic (exact) mass is 243 g/mol. The van der Waals surface area contributed by atoms with Crippen LogP contribution < -0.4 is 5.32 Å². The van der Waals surface area contributed by atoms with Gasteiger partial charge in [-0.3, -0.25) is 14.4 Å². The van der Waals surface area contributed by atoms with Gasteiger partial charge in [0.05, 0.1) is 6.61 Å². The summed E-state index contributed by atoms with van der Waals surface area (Å²) in [6.45, 7) is 2.17. The topological polar surface area (TPSA) is 81.7 Å². The summed E-state index contributed by atoms with van der Waals surface area (Å²) in [6, 6.07) is 0. The number of carbonyl (C=O) groups is 3. The first kappa shape index (κ1) is 13.5. The lowest BCUT2D eigenvalue weighted by molar-refractivity contribution is -0.149. The normalized spacial score (nSPS) is 18.6. The smallest absolute Gasteiger partial charge is 0.325 e. The fourth-order valence-corrected chi connectivity index (χ4v) is 1.36. The molecule has 17 heavy (non-hydrogen) atoms. The van der Waals surface area contributed by atoms with E-state index < -0.39 is 18.0 Å². The minimum Gasteiger partial charge on any atom is -0.464 e. The van der Waals surface area contributed by atoms with Gasteiger partial charge < -0.3 is 14.8 Å². The number of esters is 2. The maximum atomic E-state index is 11.4. The van der Waals surface area contributed by atoms with Gasteiger partial charge in [-0.15, -0.1) is 0 Å². The molecule has 1 saturated heterocycles. The lowest BCUT2D eigenvalue weighted by Crippen LogP contribution is -2.38. The van der Waals surface area contributed by atoms with E-state index in [1.165, 1.54) is 0 Å². The van der Waals surface area contributed by atoms with Gasteiger partial charge in [0.25, 0.3) is 5.91 Å². The lowest BCUT2D eigenvalue weighted by Gasteiger charge is -2.09. The molecule has 1 fully saturated rings. The van der Waals surface area contributed by atoms with E-state index in [2.05, 4.69) is 5.32 Å². The van der Waals surface area contributed by atoms with Crippen molar-refractivity contribution in [2.24, 2.45) is 0 Å². The highest BCUT2D eigenvalue weighted by Gasteiger charge is 2.29. The molecule has 1 N–H and O–H groups in total. The first-order chi connectivity index (χ1) is 8.13. The molecule has 1 amide bonds. The number of hydrogen-bond acceptors (Lipinski definition) is 5. The molecule has 0 bridgehead atoms. The van der Waals surface area contributed by atoms with E-state index in [1.807, 2.05) is 6.92 Å². The van der Waals surface area contributed by atoms with Crippen LogP contribution in [0.4, 0.5) is 0 Å². The van der Waals surface area contributed by atoms with Gasteiger partial charge in [0.2, 0.25) is 0 Å². The third-order valence-electron chi connectivity index (χ3n) is 2.34. The lowest BCUT2D eigenvalue weighted by atomic mass is 10.2. The molecule has 96 valence electrons. The third kappa shape index (κ3) is 4.84. The highest BCUT2D eigenvalue weighted by molar-refractivity contribution is 5.88. The van der Waals surface area contributed by atoms with Crippen molar-refractivity contribution < 1.29 is 23.9 Å². The van der Waals surface area contributed by atoms with Crippen LogP contribution in [0.3, 0.4) is 0 Å². The minimum absolute atomic E-state index is 0.184. The molecule has 0 aromatic carbocycles. The van der Waals surface area contributed by atoms with E-state index in [0.29, 0.717) is 13.0 Å². The van der Waals surface area contributed by atoms with Crippen LogP contribution >= 0.6 is 0 Å². The van der Waals surface area contributed by atoms with Crippen molar-refractivity contribution in [3.05, 3.63) is 0 Å². The molecule has 1 aliphatic rings. The Kier molecular flexibility index (Phi) is 5.45. The van der Waals surface area contributed by atoms with Crippen LogP contribution in [0.1, 0.15) is 32.6 Å². The molecule has 1 heterocycles. The summed E-state index contributed by atoms with van der Waals surface area (Å²) in [5, 5.41) is 2.38. The number of nitrogens with one attached hydrogen (secondary N) is 1. The van der Waals surface area contributed by atoms with Gasteiger partial charge >= 0.3 is 11.9 Å². The quantitative estimate of drug-likeness (QED) is 0.530. The first-order valence-corrected chi connectivity index (χ1v) is 5.76. The second-order valence-electron chi connectivity index (χ2n) is 3.81. The maximum absolute atomic E-state index is 11.4. The highest BCUT2D eigenvalue weighted by Crippen LogP contribution is 2.13. The molecule has 0 saturated carbocycles. The number of unbranched alkanes of at least 4 members (excludes halogenated alkanes) is 1. The zero-order chi connectivity index (χ0) is 12.7. The molecule has 0 aliphatic carbocycles. The second-order valence-corrected chi connectivity index (χ2v) is 3.81. The minimum atomic E-state index is -0.758. The Morgan fingerprint density at radius 3 is 2.88 bits per heavy atom. The number of carbonyl (C=O) groups excluding carboxylic acids is 3. The predicted octanol–water partition coefficient (Wildman–Crippen LogP) is 0.152. The molecule has 1 rings (SSSR count). The third-order valence-corrected chi connectivity index (χ3v) is 2.34. The number of rotatable bonds is 6. The molecule has 0 radical (unpaired) electrons. The van der Waals surface area contributed by atoms with Gasteiger partial charge in [-0.2, -0.15) is 0 Å². The van der Waals surface area contributed by atoms with Gasteiger partial charge in [0.15, 0.2) is 6.10 Å². The molecular weight excluding hydrogens is 226 g/mol. The first-order valence-electron chi connectivity index (χ1n) is 5.76. The van der Waals surface area contributed by atoms with Crippen LogP contribution in [-0.2, 0) is 23.9 Å². The van der Waals surface area contributed by atoms with Gasteiger partial charge in [-0.25, -0.2) is 0 Å². The average molecular weight is 243 g/mol. The molecular formula is C11H17NO5. The van der Waals surface area contributed by atoms with Gasteiger partial charge in [0.1, 0.15) is 6.54 Å². The van der Waals surface area contributed by atoms with E-state index >= 15 is 0 Å². The van der Waals surface area contributed by atoms with Crippen molar-refractivity contribution in [1.82, 2.24) is 5.32 Å². The van der Waals surface area contributed by atoms with Gasteiger partial charge in [0, 0.05) is 12.8 Å². The van der Waals surface area contributed by atoms with Crippen molar-refractivity contribution in [2.75, 3.05) is 13.2 Å². The summed E-state index contributed by atoms with van der Waals surface area (Å²) in [7, 11) is 0. The van der Waals surface area contributed by atoms with E-state index in [4.69, 9.17) is 9.47 Å². The summed E-state index contributed by atoms with van der Waals surface area (Å²) >= 11 is 0. The Morgan fingerprint density at radius 2 is 2.29 bits per heavy atom. The Hall–Kier alpha value is -1.59. The standard InChI is InChI=1S/C11H17NO5/c1-2-3-6-16-10(14)7-12-11(15)8-4-5-9(13)17-8/h8H,2-7H2,1H3,(H,12,15). The molecule has 0 aromatic heterocycles. The summed E-state index contributed by atoms with van der Waals surface area (Å²) < 4.78 is 9.61. The molecule has 0 spiro atoms. The fourth-order valence-electron chi connectivity index (χ4n) is 1.36. The Morgan fingerprint density at radius 1 is 1.53 bits per heavy atom. The van der Waals surface area contributed by atoms with Crippen LogP contribution in [0, 0.1) is 0 Å². The molecule has 6 nitrogen and oxygen atoms in total. The molecule has 0 aromatic rings. The van der Waals surface area contributed by atoms with Crippen molar-refractivity contribution in [1.29, 1.82) is 0 Å². The van der Waals surface area contributed by atoms with E-state index in [1.54, 1.807) is 0 Å². The van der Waals surface area contributed by atoms with Crippen molar-refractivity contribution in [2.45, 2.75) is 38.7 Å².